The Morgan fingerprint density at radius 2 is 1.71 bits per heavy atom. The number of carbonyl (C=O) groups excluding carboxylic acids is 2. The number of benzene rings is 1. The molecular formula is C9H3Cl3O2. The summed E-state index contributed by atoms with van der Waals surface area (Å²) >= 11 is 17.0. The second-order valence-corrected chi connectivity index (χ2v) is 4.63. The number of Topliss-reactive ketones (excluding diaryl/α,β-unsaturated/α-hetero) is 2. The van der Waals surface area contributed by atoms with E-state index in [2.05, 4.69) is 0 Å². The Kier molecular flexibility index (Phi) is 2.11. The lowest BCUT2D eigenvalue weighted by Gasteiger charge is -2.05. The zero-order valence-corrected chi connectivity index (χ0v) is 8.95. The Balaban J connectivity index is 2.77. The third-order valence-corrected chi connectivity index (χ3v) is 3.06. The van der Waals surface area contributed by atoms with Gasteiger partial charge >= 0.3 is 0 Å². The molecule has 1 aromatic rings. The van der Waals surface area contributed by atoms with E-state index in [9.17, 15) is 9.59 Å². The van der Waals surface area contributed by atoms with Crippen LogP contribution in [0.3, 0.4) is 0 Å². The molecule has 2 nitrogen and oxygen atoms in total. The molecule has 72 valence electrons. The Morgan fingerprint density at radius 3 is 2.29 bits per heavy atom. The summed E-state index contributed by atoms with van der Waals surface area (Å²) in [4.78, 5) is 23.1. The average molecular weight is 249 g/mol. The molecule has 0 N–H and O–H groups in total. The first kappa shape index (κ1) is 9.97. The van der Waals surface area contributed by atoms with Gasteiger partial charge in [0.1, 0.15) is 0 Å². The first-order valence-electron chi connectivity index (χ1n) is 3.72. The van der Waals surface area contributed by atoms with Crippen molar-refractivity contribution in [3.63, 3.8) is 0 Å². The predicted molar refractivity (Wildman–Crippen MR) is 54.6 cm³/mol. The molecule has 5 heteroatoms. The molecule has 0 heterocycles. The van der Waals surface area contributed by atoms with Gasteiger partial charge in [-0.1, -0.05) is 46.9 Å². The Hall–Kier alpha value is -0.570. The minimum atomic E-state index is -2.01. The van der Waals surface area contributed by atoms with Crippen molar-refractivity contribution in [1.29, 1.82) is 0 Å². The Morgan fingerprint density at radius 1 is 1.07 bits per heavy atom. The van der Waals surface area contributed by atoms with Gasteiger partial charge in [-0.15, -0.1) is 0 Å². The van der Waals surface area contributed by atoms with Crippen LogP contribution < -0.4 is 0 Å². The molecule has 0 aromatic heterocycles. The van der Waals surface area contributed by atoms with Gasteiger partial charge in [0.05, 0.1) is 10.6 Å². The first-order chi connectivity index (χ1) is 6.46. The van der Waals surface area contributed by atoms with Crippen molar-refractivity contribution >= 4 is 46.4 Å². The fraction of sp³-hybridized carbons (Fsp3) is 0.111. The maximum Gasteiger partial charge on any atom is 0.242 e. The first-order valence-corrected chi connectivity index (χ1v) is 4.85. The number of alkyl halides is 2. The van der Waals surface area contributed by atoms with Gasteiger partial charge in [0.25, 0.3) is 0 Å². The van der Waals surface area contributed by atoms with Crippen LogP contribution in [0.2, 0.25) is 5.02 Å². The van der Waals surface area contributed by atoms with E-state index in [1.54, 1.807) is 6.07 Å². The molecule has 1 aliphatic rings. The molecule has 1 aliphatic carbocycles. The summed E-state index contributed by atoms with van der Waals surface area (Å²) < 4.78 is -2.01. The molecule has 0 radical (unpaired) electrons. The normalized spacial score (nSPS) is 18.5. The van der Waals surface area contributed by atoms with E-state index < -0.39 is 15.9 Å². The zero-order valence-electron chi connectivity index (χ0n) is 6.68. The summed E-state index contributed by atoms with van der Waals surface area (Å²) in [7, 11) is 0. The van der Waals surface area contributed by atoms with E-state index in [1.165, 1.54) is 12.1 Å². The lowest BCUT2D eigenvalue weighted by molar-refractivity contribution is 0.0908. The summed E-state index contributed by atoms with van der Waals surface area (Å²) in [6, 6.07) is 4.57. The summed E-state index contributed by atoms with van der Waals surface area (Å²) in [5, 5.41) is 0.198. The highest BCUT2D eigenvalue weighted by atomic mass is 35.5. The molecule has 0 fully saturated rings. The maximum atomic E-state index is 11.6. The van der Waals surface area contributed by atoms with Crippen LogP contribution >= 0.6 is 34.8 Å². The number of carbonyl (C=O) groups is 2. The lowest BCUT2D eigenvalue weighted by Crippen LogP contribution is -2.27. The topological polar surface area (TPSA) is 34.1 Å². The predicted octanol–water partition coefficient (Wildman–Crippen LogP) is 2.89. The molecule has 1 aromatic carbocycles. The zero-order chi connectivity index (χ0) is 10.5. The van der Waals surface area contributed by atoms with Crippen LogP contribution in [0.1, 0.15) is 20.7 Å². The molecule has 14 heavy (non-hydrogen) atoms. The SMILES string of the molecule is O=C1c2cccc(Cl)c2C(=O)C1(Cl)Cl. The minimum absolute atomic E-state index is 0.115. The highest BCUT2D eigenvalue weighted by Crippen LogP contribution is 2.40. The van der Waals surface area contributed by atoms with Gasteiger partial charge < -0.3 is 0 Å². The Bertz CT molecular complexity index is 451. The van der Waals surface area contributed by atoms with Crippen LogP contribution in [0.15, 0.2) is 18.2 Å². The highest BCUT2D eigenvalue weighted by Gasteiger charge is 2.51. The van der Waals surface area contributed by atoms with Gasteiger partial charge in [-0.05, 0) is 6.07 Å². The van der Waals surface area contributed by atoms with Crippen LogP contribution in [0.25, 0.3) is 0 Å². The molecule has 0 aliphatic heterocycles. The second kappa shape index (κ2) is 2.96. The standard InChI is InChI=1S/C9H3Cl3O2/c10-5-3-1-2-4-6(5)8(14)9(11,12)7(4)13/h1-3H. The van der Waals surface area contributed by atoms with Gasteiger partial charge in [0.15, 0.2) is 0 Å². The molecule has 0 atom stereocenters. The molecule has 0 spiro atoms. The number of fused-ring (bicyclic) bond motifs is 1. The van der Waals surface area contributed by atoms with Crippen LogP contribution in [0, 0.1) is 0 Å². The smallest absolute Gasteiger partial charge is 0.242 e. The molecule has 0 amide bonds. The fourth-order valence-electron chi connectivity index (χ4n) is 1.37. The van der Waals surface area contributed by atoms with E-state index in [-0.39, 0.29) is 16.1 Å². The number of ketones is 2. The third-order valence-electron chi connectivity index (χ3n) is 2.06. The van der Waals surface area contributed by atoms with Gasteiger partial charge in [-0.25, -0.2) is 0 Å². The van der Waals surface area contributed by atoms with Crippen LogP contribution in [0.5, 0.6) is 0 Å². The molecule has 0 saturated carbocycles. The van der Waals surface area contributed by atoms with Crippen molar-refractivity contribution in [3.8, 4) is 0 Å². The van der Waals surface area contributed by atoms with Crippen LogP contribution in [0.4, 0.5) is 0 Å². The van der Waals surface area contributed by atoms with Crippen molar-refractivity contribution in [2.24, 2.45) is 0 Å². The van der Waals surface area contributed by atoms with Crippen LogP contribution in [-0.4, -0.2) is 15.9 Å². The molecular weight excluding hydrogens is 246 g/mol. The molecule has 0 saturated heterocycles. The molecule has 2 rings (SSSR count). The van der Waals surface area contributed by atoms with E-state index in [1.807, 2.05) is 0 Å². The van der Waals surface area contributed by atoms with Crippen molar-refractivity contribution in [1.82, 2.24) is 0 Å². The van der Waals surface area contributed by atoms with Gasteiger partial charge in [0.2, 0.25) is 15.9 Å². The van der Waals surface area contributed by atoms with E-state index in [0.717, 1.165) is 0 Å². The van der Waals surface area contributed by atoms with Crippen molar-refractivity contribution in [2.45, 2.75) is 4.33 Å². The average Bonchev–Trinajstić information content (AvgIpc) is 2.30. The van der Waals surface area contributed by atoms with Crippen molar-refractivity contribution in [2.75, 3.05) is 0 Å². The van der Waals surface area contributed by atoms with Crippen molar-refractivity contribution < 1.29 is 9.59 Å². The lowest BCUT2D eigenvalue weighted by atomic mass is 10.1. The largest absolute Gasteiger partial charge is 0.290 e. The maximum absolute atomic E-state index is 11.6. The fourth-order valence-corrected chi connectivity index (χ4v) is 2.03. The number of hydrogen-bond acceptors (Lipinski definition) is 2. The summed E-state index contributed by atoms with van der Waals surface area (Å²) in [5.41, 5.74) is 0.302. The van der Waals surface area contributed by atoms with Crippen LogP contribution in [-0.2, 0) is 0 Å². The van der Waals surface area contributed by atoms with Gasteiger partial charge in [-0.2, -0.15) is 0 Å². The molecule has 0 unspecified atom stereocenters. The number of rotatable bonds is 0. The summed E-state index contributed by atoms with van der Waals surface area (Å²) in [6.45, 7) is 0. The highest BCUT2D eigenvalue weighted by molar-refractivity contribution is 6.73. The van der Waals surface area contributed by atoms with Gasteiger partial charge in [0, 0.05) is 5.56 Å². The second-order valence-electron chi connectivity index (χ2n) is 2.90. The third kappa shape index (κ3) is 1.11. The monoisotopic (exact) mass is 248 g/mol. The summed E-state index contributed by atoms with van der Waals surface area (Å²) in [6.07, 6.45) is 0. The van der Waals surface area contributed by atoms with Gasteiger partial charge in [-0.3, -0.25) is 9.59 Å². The van der Waals surface area contributed by atoms with E-state index >= 15 is 0 Å². The quantitative estimate of drug-likeness (QED) is 0.523. The Labute approximate surface area is 94.8 Å². The van der Waals surface area contributed by atoms with E-state index in [0.29, 0.717) is 0 Å². The van der Waals surface area contributed by atoms with Crippen molar-refractivity contribution in [3.05, 3.63) is 34.3 Å². The minimum Gasteiger partial charge on any atom is -0.290 e. The number of hydrogen-bond donors (Lipinski definition) is 0. The summed E-state index contributed by atoms with van der Waals surface area (Å²) in [5.74, 6) is -1.25. The number of halogens is 3. The van der Waals surface area contributed by atoms with E-state index in [4.69, 9.17) is 34.8 Å². The molecule has 0 bridgehead atoms.